The number of carbonyl (C=O) groups excluding carboxylic acids is 1. The van der Waals surface area contributed by atoms with E-state index in [9.17, 15) is 4.79 Å². The molecule has 0 amide bonds. The first-order chi connectivity index (χ1) is 15.9. The summed E-state index contributed by atoms with van der Waals surface area (Å²) >= 11 is 0. The maximum atomic E-state index is 13.4. The van der Waals surface area contributed by atoms with Gasteiger partial charge in [0, 0.05) is 11.8 Å². The van der Waals surface area contributed by atoms with Crippen molar-refractivity contribution in [2.24, 2.45) is 22.2 Å². The van der Waals surface area contributed by atoms with Crippen LogP contribution in [0, 0.1) is 34.5 Å². The minimum absolute atomic E-state index is 0.195. The van der Waals surface area contributed by atoms with Crippen molar-refractivity contribution in [2.75, 3.05) is 7.11 Å². The van der Waals surface area contributed by atoms with Crippen LogP contribution in [0.4, 0.5) is 0 Å². The molecule has 0 bridgehead atoms. The lowest BCUT2D eigenvalue weighted by Crippen LogP contribution is -2.52. The van der Waals surface area contributed by atoms with E-state index in [1.165, 1.54) is 18.2 Å². The molecule has 2 aromatic carbocycles. The summed E-state index contributed by atoms with van der Waals surface area (Å²) in [7, 11) is 1.49. The molecule has 0 heterocycles. The first-order valence-corrected chi connectivity index (χ1v) is 12.5. The van der Waals surface area contributed by atoms with E-state index in [4.69, 9.17) is 11.2 Å². The van der Waals surface area contributed by atoms with Gasteiger partial charge in [-0.2, -0.15) is 0 Å². The standard InChI is InChI=1S/C32H44O2/c1-10-22-29(4,5)31(8,28(33)34-9)24-30(6,7)32(23-25(3)11-2,26-18-14-12-15-19-26)27-20-16-13-17-21-27/h1,12-21,25H,11,22-24H2,2-9H3. The van der Waals surface area contributed by atoms with Gasteiger partial charge in [-0.25, -0.2) is 0 Å². The van der Waals surface area contributed by atoms with Gasteiger partial charge in [0.1, 0.15) is 0 Å². The van der Waals surface area contributed by atoms with Gasteiger partial charge < -0.3 is 4.74 Å². The lowest BCUT2D eigenvalue weighted by Gasteiger charge is -2.54. The topological polar surface area (TPSA) is 26.3 Å². The Morgan fingerprint density at radius 1 is 0.912 bits per heavy atom. The van der Waals surface area contributed by atoms with Crippen molar-refractivity contribution >= 4 is 5.97 Å². The summed E-state index contributed by atoms with van der Waals surface area (Å²) in [5.41, 5.74) is 0.783. The van der Waals surface area contributed by atoms with Gasteiger partial charge in [0.2, 0.25) is 0 Å². The van der Waals surface area contributed by atoms with Crippen LogP contribution in [0.15, 0.2) is 60.7 Å². The quantitative estimate of drug-likeness (QED) is 0.250. The second-order valence-electron chi connectivity index (χ2n) is 11.5. The lowest BCUT2D eigenvalue weighted by atomic mass is 9.48. The molecule has 2 heteroatoms. The van der Waals surface area contributed by atoms with Crippen molar-refractivity contribution in [3.63, 3.8) is 0 Å². The molecule has 0 saturated heterocycles. The summed E-state index contributed by atoms with van der Waals surface area (Å²) in [4.78, 5) is 13.4. The lowest BCUT2D eigenvalue weighted by molar-refractivity contribution is -0.163. The van der Waals surface area contributed by atoms with E-state index in [1.54, 1.807) is 0 Å². The van der Waals surface area contributed by atoms with Crippen LogP contribution in [-0.4, -0.2) is 13.1 Å². The first kappa shape index (κ1) is 27.7. The molecule has 0 aromatic heterocycles. The molecular weight excluding hydrogens is 416 g/mol. The number of methoxy groups -OCH3 is 1. The average molecular weight is 461 g/mol. The fourth-order valence-corrected chi connectivity index (χ4v) is 5.87. The van der Waals surface area contributed by atoms with Crippen molar-refractivity contribution in [1.29, 1.82) is 0 Å². The van der Waals surface area contributed by atoms with Crippen LogP contribution in [0.2, 0.25) is 0 Å². The minimum atomic E-state index is -0.762. The molecule has 2 unspecified atom stereocenters. The van der Waals surface area contributed by atoms with Crippen LogP contribution in [0.5, 0.6) is 0 Å². The summed E-state index contributed by atoms with van der Waals surface area (Å²) in [6, 6.07) is 21.6. The van der Waals surface area contributed by atoms with Crippen LogP contribution in [0.25, 0.3) is 0 Å². The molecule has 0 fully saturated rings. The number of benzene rings is 2. The van der Waals surface area contributed by atoms with E-state index >= 15 is 0 Å². The summed E-state index contributed by atoms with van der Waals surface area (Å²) in [5.74, 6) is 3.12. The van der Waals surface area contributed by atoms with Gasteiger partial charge in [-0.1, -0.05) is 109 Å². The number of hydrogen-bond acceptors (Lipinski definition) is 2. The van der Waals surface area contributed by atoms with Gasteiger partial charge in [-0.15, -0.1) is 12.3 Å². The Labute approximate surface area is 208 Å². The molecule has 0 radical (unpaired) electrons. The van der Waals surface area contributed by atoms with Crippen LogP contribution in [0.1, 0.15) is 85.3 Å². The normalized spacial score (nSPS) is 15.1. The molecule has 2 atom stereocenters. The third-order valence-electron chi connectivity index (χ3n) is 8.51. The molecular formula is C32H44O2. The summed E-state index contributed by atoms with van der Waals surface area (Å²) in [6.07, 6.45) is 8.99. The largest absolute Gasteiger partial charge is 0.469 e. The van der Waals surface area contributed by atoms with E-state index in [-0.39, 0.29) is 16.8 Å². The highest BCUT2D eigenvalue weighted by molar-refractivity contribution is 5.77. The van der Waals surface area contributed by atoms with Crippen molar-refractivity contribution in [2.45, 2.75) is 79.6 Å². The Morgan fingerprint density at radius 3 is 1.76 bits per heavy atom. The van der Waals surface area contributed by atoms with E-state index in [0.29, 0.717) is 18.8 Å². The van der Waals surface area contributed by atoms with Crippen molar-refractivity contribution in [1.82, 2.24) is 0 Å². The number of rotatable bonds is 11. The fourth-order valence-electron chi connectivity index (χ4n) is 5.87. The van der Waals surface area contributed by atoms with E-state index in [1.807, 2.05) is 6.92 Å². The fraction of sp³-hybridized carbons (Fsp3) is 0.531. The Hall–Kier alpha value is -2.53. The second kappa shape index (κ2) is 10.8. The summed E-state index contributed by atoms with van der Waals surface area (Å²) < 4.78 is 5.41. The smallest absolute Gasteiger partial charge is 0.312 e. The van der Waals surface area contributed by atoms with Crippen LogP contribution >= 0.6 is 0 Å². The second-order valence-corrected chi connectivity index (χ2v) is 11.5. The molecule has 34 heavy (non-hydrogen) atoms. The molecule has 184 valence electrons. The van der Waals surface area contributed by atoms with Gasteiger partial charge >= 0.3 is 5.97 Å². The van der Waals surface area contributed by atoms with E-state index < -0.39 is 10.8 Å². The Bertz CT molecular complexity index is 926. The van der Waals surface area contributed by atoms with Gasteiger partial charge in [-0.05, 0) is 47.6 Å². The molecule has 0 aliphatic rings. The van der Waals surface area contributed by atoms with Crippen molar-refractivity contribution < 1.29 is 9.53 Å². The Morgan fingerprint density at radius 2 is 1.38 bits per heavy atom. The van der Waals surface area contributed by atoms with Gasteiger partial charge in [0.15, 0.2) is 0 Å². The zero-order valence-corrected chi connectivity index (χ0v) is 22.6. The molecule has 0 spiro atoms. The van der Waals surface area contributed by atoms with Crippen molar-refractivity contribution in [3.8, 4) is 12.3 Å². The average Bonchev–Trinajstić information content (AvgIpc) is 2.82. The highest BCUT2D eigenvalue weighted by atomic mass is 16.5. The first-order valence-electron chi connectivity index (χ1n) is 12.5. The van der Waals surface area contributed by atoms with E-state index in [0.717, 1.165) is 12.8 Å². The van der Waals surface area contributed by atoms with Crippen LogP contribution < -0.4 is 0 Å². The molecule has 0 N–H and O–H groups in total. The highest BCUT2D eigenvalue weighted by Crippen LogP contribution is 2.59. The number of carbonyl (C=O) groups is 1. The predicted molar refractivity (Wildman–Crippen MR) is 143 cm³/mol. The maximum absolute atomic E-state index is 13.4. The summed E-state index contributed by atoms with van der Waals surface area (Å²) in [6.45, 7) is 15.5. The van der Waals surface area contributed by atoms with Gasteiger partial charge in [0.05, 0.1) is 12.5 Å². The molecule has 2 rings (SSSR count). The van der Waals surface area contributed by atoms with Crippen molar-refractivity contribution in [3.05, 3.63) is 71.8 Å². The monoisotopic (exact) mass is 460 g/mol. The number of ether oxygens (including phenoxy) is 1. The molecule has 0 aliphatic carbocycles. The minimum Gasteiger partial charge on any atom is -0.469 e. The maximum Gasteiger partial charge on any atom is 0.312 e. The zero-order valence-electron chi connectivity index (χ0n) is 22.6. The predicted octanol–water partition coefficient (Wildman–Crippen LogP) is 8.05. The molecule has 0 aliphatic heterocycles. The molecule has 2 aromatic rings. The van der Waals surface area contributed by atoms with E-state index in [2.05, 4.69) is 108 Å². The van der Waals surface area contributed by atoms with Gasteiger partial charge in [-0.3, -0.25) is 4.79 Å². The van der Waals surface area contributed by atoms with Crippen LogP contribution in [-0.2, 0) is 14.9 Å². The number of terminal acetylenes is 1. The summed E-state index contributed by atoms with van der Waals surface area (Å²) in [5, 5.41) is 0. The third kappa shape index (κ3) is 5.10. The molecule has 0 saturated carbocycles. The third-order valence-corrected chi connectivity index (χ3v) is 8.51. The number of hydrogen-bond donors (Lipinski definition) is 0. The Kier molecular flexibility index (Phi) is 8.81. The number of esters is 1. The molecule has 2 nitrogen and oxygen atoms in total. The highest BCUT2D eigenvalue weighted by Gasteiger charge is 2.56. The zero-order chi connectivity index (χ0) is 25.6. The van der Waals surface area contributed by atoms with Crippen LogP contribution in [0.3, 0.4) is 0 Å². The van der Waals surface area contributed by atoms with Gasteiger partial charge in [0.25, 0.3) is 0 Å². The Balaban J connectivity index is 2.85. The SMILES string of the molecule is C#CCC(C)(C)C(C)(CC(C)(C)C(CC(C)CC)(c1ccccc1)c1ccccc1)C(=O)OC.